The van der Waals surface area contributed by atoms with Crippen LogP contribution in [-0.4, -0.2) is 51.3 Å². The van der Waals surface area contributed by atoms with Crippen LogP contribution in [0.1, 0.15) is 96.1 Å². The number of rotatable bonds is 7. The Balaban J connectivity index is 1.75. The lowest BCUT2D eigenvalue weighted by atomic mass is 9.84. The van der Waals surface area contributed by atoms with Gasteiger partial charge in [-0.2, -0.15) is 5.10 Å². The highest BCUT2D eigenvalue weighted by Crippen LogP contribution is 2.44. The number of methoxy groups -OCH3 is 1. The van der Waals surface area contributed by atoms with E-state index in [0.717, 1.165) is 11.3 Å². The normalized spacial score (nSPS) is 17.7. The van der Waals surface area contributed by atoms with Crippen molar-refractivity contribution in [1.82, 2.24) is 15.5 Å². The van der Waals surface area contributed by atoms with Crippen molar-refractivity contribution in [1.29, 1.82) is 0 Å². The van der Waals surface area contributed by atoms with E-state index in [-0.39, 0.29) is 47.1 Å². The lowest BCUT2D eigenvalue weighted by molar-refractivity contribution is -0.121. The molecular formula is C33H39N3O7. The molecule has 4 rings (SSSR count). The summed E-state index contributed by atoms with van der Waals surface area (Å²) in [7, 11) is 1.54. The first-order chi connectivity index (χ1) is 20.7. The van der Waals surface area contributed by atoms with Crippen LogP contribution in [0, 0.1) is 6.92 Å². The number of benzene rings is 2. The predicted molar refractivity (Wildman–Crippen MR) is 161 cm³/mol. The van der Waals surface area contributed by atoms with Gasteiger partial charge in [0.2, 0.25) is 5.91 Å². The summed E-state index contributed by atoms with van der Waals surface area (Å²) < 4.78 is 11.0. The summed E-state index contributed by atoms with van der Waals surface area (Å²) in [6.07, 6.45) is 7.70. The van der Waals surface area contributed by atoms with Crippen molar-refractivity contribution in [3.05, 3.63) is 76.1 Å². The molecule has 2 atom stereocenters. The SMILES string of the molecule is COc1ccc(C(CC(=O)NCc2cn[nH]c2C)c2c(O)cc3c(c2O)C(=O)O[C@@H](C)CCCC(=O)CCC/C=C/3)cc1. The number of aromatic nitrogens is 2. The number of nitrogens with zero attached hydrogens (tertiary/aromatic N) is 1. The number of aromatic hydroxyl groups is 2. The number of carbonyl (C=O) groups excluding carboxylic acids is 3. The quantitative estimate of drug-likeness (QED) is 0.265. The highest BCUT2D eigenvalue weighted by Gasteiger charge is 2.31. The maximum absolute atomic E-state index is 13.5. The van der Waals surface area contributed by atoms with Gasteiger partial charge in [0.25, 0.3) is 0 Å². The lowest BCUT2D eigenvalue weighted by Crippen LogP contribution is -2.25. The van der Waals surface area contributed by atoms with Crippen molar-refractivity contribution >= 4 is 23.7 Å². The van der Waals surface area contributed by atoms with Crippen molar-refractivity contribution in [3.63, 3.8) is 0 Å². The first-order valence-corrected chi connectivity index (χ1v) is 14.6. The summed E-state index contributed by atoms with van der Waals surface area (Å²) >= 11 is 0. The van der Waals surface area contributed by atoms with Gasteiger partial charge in [-0.15, -0.1) is 0 Å². The number of Topliss-reactive ketones (excluding diaryl/α,β-unsaturated/α-hetero) is 1. The zero-order valence-corrected chi connectivity index (χ0v) is 24.8. The van der Waals surface area contributed by atoms with E-state index in [1.165, 1.54) is 6.07 Å². The van der Waals surface area contributed by atoms with Crippen LogP contribution in [0.3, 0.4) is 0 Å². The largest absolute Gasteiger partial charge is 0.507 e. The minimum Gasteiger partial charge on any atom is -0.507 e. The van der Waals surface area contributed by atoms with Gasteiger partial charge < -0.3 is 25.0 Å². The van der Waals surface area contributed by atoms with Crippen LogP contribution in [-0.2, 0) is 20.9 Å². The summed E-state index contributed by atoms with van der Waals surface area (Å²) in [4.78, 5) is 38.8. The molecule has 0 saturated heterocycles. The molecule has 3 aromatic rings. The van der Waals surface area contributed by atoms with E-state index in [0.29, 0.717) is 49.8 Å². The van der Waals surface area contributed by atoms with Gasteiger partial charge in [-0.25, -0.2) is 4.79 Å². The number of allylic oxidation sites excluding steroid dienone is 1. The van der Waals surface area contributed by atoms with Gasteiger partial charge in [-0.3, -0.25) is 14.7 Å². The third kappa shape index (κ3) is 8.03. The fourth-order valence-corrected chi connectivity index (χ4v) is 5.25. The molecule has 10 heteroatoms. The standard InChI is InChI=1S/C33H39N3O7/c1-20-8-7-11-25(37)10-6-4-5-9-23-16-28(38)31(32(40)30(23)33(41)43-20)27(22-12-14-26(42-3)15-13-22)17-29(39)34-18-24-19-35-36-21(24)2/h5,9,12-16,19-20,27,38,40H,4,6-8,10-11,17-18H2,1-3H3,(H,34,39)(H,35,36)/b9-5+/t20-,27?/m0/s1. The molecule has 0 radical (unpaired) electrons. The van der Waals surface area contributed by atoms with Crippen molar-refractivity contribution in [3.8, 4) is 17.2 Å². The fraction of sp³-hybridized carbons (Fsp3) is 0.394. The molecule has 10 nitrogen and oxygen atoms in total. The number of hydrogen-bond acceptors (Lipinski definition) is 8. The fourth-order valence-electron chi connectivity index (χ4n) is 5.25. The van der Waals surface area contributed by atoms with Crippen LogP contribution in [0.15, 0.2) is 42.6 Å². The first kappa shape index (κ1) is 31.3. The molecule has 4 N–H and O–H groups in total. The number of carbonyl (C=O) groups is 3. The van der Waals surface area contributed by atoms with Crippen LogP contribution < -0.4 is 10.1 Å². The molecule has 0 spiro atoms. The number of phenolic OH excluding ortho intramolecular Hbond substituents is 2. The van der Waals surface area contributed by atoms with Gasteiger partial charge in [0.05, 0.1) is 19.4 Å². The van der Waals surface area contributed by atoms with E-state index in [1.54, 1.807) is 56.6 Å². The number of ether oxygens (including phenoxy) is 2. The monoisotopic (exact) mass is 589 g/mol. The second kappa shape index (κ2) is 14.5. The molecule has 0 bridgehead atoms. The molecule has 2 heterocycles. The Kier molecular flexibility index (Phi) is 10.6. The molecule has 1 aliphatic heterocycles. The summed E-state index contributed by atoms with van der Waals surface area (Å²) in [6, 6.07) is 8.37. The maximum Gasteiger partial charge on any atom is 0.342 e. The number of fused-ring (bicyclic) bond motifs is 1. The van der Waals surface area contributed by atoms with Gasteiger partial charge in [0.1, 0.15) is 28.6 Å². The molecule has 1 aromatic heterocycles. The van der Waals surface area contributed by atoms with Crippen molar-refractivity contribution < 1.29 is 34.1 Å². The van der Waals surface area contributed by atoms with Crippen LogP contribution in [0.4, 0.5) is 0 Å². The Bertz CT molecular complexity index is 1480. The zero-order chi connectivity index (χ0) is 30.9. The number of amides is 1. The van der Waals surface area contributed by atoms with Gasteiger partial charge >= 0.3 is 5.97 Å². The molecule has 0 saturated carbocycles. The summed E-state index contributed by atoms with van der Waals surface area (Å²) in [5.74, 6) is -1.82. The second-order valence-electron chi connectivity index (χ2n) is 10.9. The molecule has 2 aromatic carbocycles. The third-order valence-corrected chi connectivity index (χ3v) is 7.72. The Morgan fingerprint density at radius 2 is 1.93 bits per heavy atom. The van der Waals surface area contributed by atoms with Crippen LogP contribution >= 0.6 is 0 Å². The van der Waals surface area contributed by atoms with Gasteiger partial charge in [-0.05, 0) is 68.9 Å². The Morgan fingerprint density at radius 1 is 1.19 bits per heavy atom. The van der Waals surface area contributed by atoms with E-state index in [2.05, 4.69) is 15.5 Å². The average Bonchev–Trinajstić information content (AvgIpc) is 3.39. The first-order valence-electron chi connectivity index (χ1n) is 14.6. The number of nitrogens with one attached hydrogen (secondary N) is 2. The maximum atomic E-state index is 13.5. The lowest BCUT2D eigenvalue weighted by Gasteiger charge is -2.23. The third-order valence-electron chi connectivity index (χ3n) is 7.72. The highest BCUT2D eigenvalue weighted by atomic mass is 16.5. The number of aromatic amines is 1. The molecule has 228 valence electrons. The minimum atomic E-state index is -0.810. The molecule has 1 aliphatic rings. The average molecular weight is 590 g/mol. The van der Waals surface area contributed by atoms with Crippen LogP contribution in [0.2, 0.25) is 0 Å². The van der Waals surface area contributed by atoms with Crippen molar-refractivity contribution in [2.45, 2.75) is 77.4 Å². The Labute approximate surface area is 251 Å². The number of H-pyrrole nitrogens is 1. The number of aryl methyl sites for hydroxylation is 1. The Hall–Kier alpha value is -4.60. The van der Waals surface area contributed by atoms with E-state index in [1.807, 2.05) is 6.92 Å². The smallest absolute Gasteiger partial charge is 0.342 e. The van der Waals surface area contributed by atoms with Crippen LogP contribution in [0.5, 0.6) is 17.2 Å². The molecule has 43 heavy (non-hydrogen) atoms. The van der Waals surface area contributed by atoms with E-state index in [9.17, 15) is 24.6 Å². The summed E-state index contributed by atoms with van der Waals surface area (Å²) in [5.41, 5.74) is 2.54. The Morgan fingerprint density at radius 3 is 2.63 bits per heavy atom. The molecule has 1 unspecified atom stereocenters. The number of phenols is 2. The zero-order valence-electron chi connectivity index (χ0n) is 24.8. The molecule has 0 fully saturated rings. The minimum absolute atomic E-state index is 0.0447. The number of cyclic esters (lactones) is 1. The van der Waals surface area contributed by atoms with Crippen molar-refractivity contribution in [2.75, 3.05) is 7.11 Å². The topological polar surface area (TPSA) is 151 Å². The van der Waals surface area contributed by atoms with E-state index < -0.39 is 23.7 Å². The molecule has 0 aliphatic carbocycles. The van der Waals surface area contributed by atoms with Gasteiger partial charge in [0, 0.05) is 48.5 Å². The van der Waals surface area contributed by atoms with Gasteiger partial charge in [-0.1, -0.05) is 24.3 Å². The number of hydrogen-bond donors (Lipinski definition) is 4. The van der Waals surface area contributed by atoms with Crippen LogP contribution in [0.25, 0.3) is 6.08 Å². The number of ketones is 1. The van der Waals surface area contributed by atoms with Crippen molar-refractivity contribution in [2.24, 2.45) is 0 Å². The van der Waals surface area contributed by atoms with E-state index >= 15 is 0 Å². The second-order valence-corrected chi connectivity index (χ2v) is 10.9. The summed E-state index contributed by atoms with van der Waals surface area (Å²) in [5, 5.41) is 32.7. The number of esters is 1. The molecular weight excluding hydrogens is 550 g/mol. The summed E-state index contributed by atoms with van der Waals surface area (Å²) in [6.45, 7) is 3.85. The van der Waals surface area contributed by atoms with E-state index in [4.69, 9.17) is 9.47 Å². The molecule has 1 amide bonds. The van der Waals surface area contributed by atoms with Gasteiger partial charge in [0.15, 0.2) is 0 Å². The predicted octanol–water partition coefficient (Wildman–Crippen LogP) is 5.46. The highest BCUT2D eigenvalue weighted by molar-refractivity contribution is 5.98.